The Hall–Kier alpha value is -1.59. The van der Waals surface area contributed by atoms with E-state index in [0.29, 0.717) is 19.4 Å². The molecule has 1 rings (SSSR count). The Bertz CT molecular complexity index is 302. The van der Waals surface area contributed by atoms with Crippen LogP contribution in [-0.2, 0) is 14.4 Å². The zero-order valence-electron chi connectivity index (χ0n) is 8.47. The Balaban J connectivity index is 2.75. The molecule has 84 valence electrons. The molecule has 6 heteroatoms. The number of rotatable bonds is 3. The van der Waals surface area contributed by atoms with E-state index in [9.17, 15) is 14.4 Å². The van der Waals surface area contributed by atoms with Crippen molar-refractivity contribution >= 4 is 17.8 Å². The van der Waals surface area contributed by atoms with Crippen molar-refractivity contribution in [1.82, 2.24) is 4.90 Å². The fraction of sp³-hybridized carbons (Fsp3) is 0.667. The molecule has 1 aliphatic heterocycles. The smallest absolute Gasteiger partial charge is 0.315 e. The van der Waals surface area contributed by atoms with Crippen molar-refractivity contribution in [2.24, 2.45) is 11.7 Å². The second-order valence-electron chi connectivity index (χ2n) is 3.65. The third-order valence-electron chi connectivity index (χ3n) is 2.61. The van der Waals surface area contributed by atoms with Crippen molar-refractivity contribution in [3.8, 4) is 0 Å². The summed E-state index contributed by atoms with van der Waals surface area (Å²) in [7, 11) is 0. The maximum atomic E-state index is 11.6. The second kappa shape index (κ2) is 4.29. The van der Waals surface area contributed by atoms with Crippen LogP contribution in [-0.4, -0.2) is 40.4 Å². The summed E-state index contributed by atoms with van der Waals surface area (Å²) in [6, 6.07) is -0.640. The molecule has 3 N–H and O–H groups in total. The summed E-state index contributed by atoms with van der Waals surface area (Å²) in [4.78, 5) is 34.5. The molecule has 6 nitrogen and oxygen atoms in total. The zero-order valence-corrected chi connectivity index (χ0v) is 8.47. The van der Waals surface area contributed by atoms with Gasteiger partial charge in [-0.25, -0.2) is 0 Å². The number of hydrogen-bond donors (Lipinski definition) is 2. The Morgan fingerprint density at radius 2 is 2.07 bits per heavy atom. The Morgan fingerprint density at radius 1 is 1.47 bits per heavy atom. The van der Waals surface area contributed by atoms with Crippen LogP contribution in [0.4, 0.5) is 0 Å². The predicted octanol–water partition coefficient (Wildman–Crippen LogP) is -0.817. The van der Waals surface area contributed by atoms with E-state index < -0.39 is 29.7 Å². The topological polar surface area (TPSA) is 101 Å². The lowest BCUT2D eigenvalue weighted by molar-refractivity contribution is -0.152. The first-order chi connectivity index (χ1) is 6.95. The molecule has 2 unspecified atom stereocenters. The fourth-order valence-electron chi connectivity index (χ4n) is 1.68. The molecule has 0 aromatic rings. The van der Waals surface area contributed by atoms with E-state index in [4.69, 9.17) is 10.8 Å². The van der Waals surface area contributed by atoms with Crippen molar-refractivity contribution in [2.75, 3.05) is 6.54 Å². The molecule has 0 aliphatic carbocycles. The molecule has 0 aromatic heterocycles. The molecule has 1 aliphatic rings. The van der Waals surface area contributed by atoms with Gasteiger partial charge in [0.2, 0.25) is 11.8 Å². The van der Waals surface area contributed by atoms with E-state index in [1.807, 2.05) is 0 Å². The summed E-state index contributed by atoms with van der Waals surface area (Å²) in [5.41, 5.74) is 5.12. The highest BCUT2D eigenvalue weighted by atomic mass is 16.4. The number of likely N-dealkylation sites (tertiary alicyclic amines) is 1. The van der Waals surface area contributed by atoms with E-state index in [1.54, 1.807) is 0 Å². The zero-order chi connectivity index (χ0) is 11.6. The largest absolute Gasteiger partial charge is 0.481 e. The van der Waals surface area contributed by atoms with E-state index >= 15 is 0 Å². The van der Waals surface area contributed by atoms with E-state index in [-0.39, 0.29) is 0 Å². The Morgan fingerprint density at radius 3 is 2.53 bits per heavy atom. The maximum absolute atomic E-state index is 11.6. The van der Waals surface area contributed by atoms with Crippen molar-refractivity contribution in [3.63, 3.8) is 0 Å². The van der Waals surface area contributed by atoms with Gasteiger partial charge in [0.15, 0.2) is 0 Å². The SMILES string of the molecule is CC(C(=O)O)C(=O)N1CCCC1C(N)=O. The summed E-state index contributed by atoms with van der Waals surface area (Å²) in [5.74, 6) is -3.41. The molecule has 0 bridgehead atoms. The predicted molar refractivity (Wildman–Crippen MR) is 50.7 cm³/mol. The van der Waals surface area contributed by atoms with Crippen LogP contribution in [0.1, 0.15) is 19.8 Å². The molecule has 2 atom stereocenters. The first-order valence-electron chi connectivity index (χ1n) is 4.77. The molecule has 1 heterocycles. The van der Waals surface area contributed by atoms with Gasteiger partial charge in [-0.3, -0.25) is 14.4 Å². The Labute approximate surface area is 87.0 Å². The first kappa shape index (κ1) is 11.5. The van der Waals surface area contributed by atoms with Gasteiger partial charge in [0.1, 0.15) is 12.0 Å². The first-order valence-corrected chi connectivity index (χ1v) is 4.77. The number of carbonyl (C=O) groups is 3. The van der Waals surface area contributed by atoms with Crippen LogP contribution in [0.3, 0.4) is 0 Å². The number of aliphatic carboxylic acids is 1. The molecule has 1 saturated heterocycles. The van der Waals surface area contributed by atoms with Crippen LogP contribution in [0, 0.1) is 5.92 Å². The average Bonchev–Trinajstić information content (AvgIpc) is 2.63. The standard InChI is InChI=1S/C9H14N2O4/c1-5(9(14)15)8(13)11-4-2-3-6(11)7(10)12/h5-6H,2-4H2,1H3,(H2,10,12)(H,14,15). The minimum absolute atomic E-state index is 0.407. The normalized spacial score (nSPS) is 22.5. The molecule has 0 spiro atoms. The number of hydrogen-bond acceptors (Lipinski definition) is 3. The lowest BCUT2D eigenvalue weighted by Crippen LogP contribution is -2.46. The van der Waals surface area contributed by atoms with Gasteiger partial charge in [0.05, 0.1) is 0 Å². The van der Waals surface area contributed by atoms with Gasteiger partial charge in [0, 0.05) is 6.54 Å². The molecular weight excluding hydrogens is 200 g/mol. The maximum Gasteiger partial charge on any atom is 0.315 e. The number of nitrogens with two attached hydrogens (primary N) is 1. The Kier molecular flexibility index (Phi) is 3.28. The van der Waals surface area contributed by atoms with Crippen LogP contribution in [0.5, 0.6) is 0 Å². The minimum Gasteiger partial charge on any atom is -0.481 e. The monoisotopic (exact) mass is 214 g/mol. The van der Waals surface area contributed by atoms with Crippen LogP contribution >= 0.6 is 0 Å². The number of carboxylic acid groups (broad SMARTS) is 1. The highest BCUT2D eigenvalue weighted by Gasteiger charge is 2.36. The van der Waals surface area contributed by atoms with Crippen molar-refractivity contribution in [3.05, 3.63) is 0 Å². The van der Waals surface area contributed by atoms with Crippen molar-refractivity contribution in [1.29, 1.82) is 0 Å². The quantitative estimate of drug-likeness (QED) is 0.599. The molecule has 0 saturated carbocycles. The lowest BCUT2D eigenvalue weighted by atomic mass is 10.1. The third-order valence-corrected chi connectivity index (χ3v) is 2.61. The number of carboxylic acids is 1. The van der Waals surface area contributed by atoms with Crippen LogP contribution in [0.2, 0.25) is 0 Å². The molecule has 15 heavy (non-hydrogen) atoms. The van der Waals surface area contributed by atoms with Gasteiger partial charge in [0.25, 0.3) is 0 Å². The minimum atomic E-state index is -1.19. The molecule has 2 amide bonds. The highest BCUT2D eigenvalue weighted by Crippen LogP contribution is 2.19. The summed E-state index contributed by atoms with van der Waals surface area (Å²) in [6.45, 7) is 1.71. The highest BCUT2D eigenvalue weighted by molar-refractivity contribution is 5.98. The molecular formula is C9H14N2O4. The number of amides is 2. The number of primary amides is 1. The summed E-state index contributed by atoms with van der Waals surface area (Å²) >= 11 is 0. The summed E-state index contributed by atoms with van der Waals surface area (Å²) < 4.78 is 0. The van der Waals surface area contributed by atoms with Crippen molar-refractivity contribution < 1.29 is 19.5 Å². The van der Waals surface area contributed by atoms with Crippen molar-refractivity contribution in [2.45, 2.75) is 25.8 Å². The van der Waals surface area contributed by atoms with Crippen LogP contribution in [0.15, 0.2) is 0 Å². The van der Waals surface area contributed by atoms with Gasteiger partial charge in [-0.2, -0.15) is 0 Å². The summed E-state index contributed by atoms with van der Waals surface area (Å²) in [6.07, 6.45) is 1.21. The second-order valence-corrected chi connectivity index (χ2v) is 3.65. The molecule has 1 fully saturated rings. The van der Waals surface area contributed by atoms with Gasteiger partial charge < -0.3 is 15.7 Å². The van der Waals surface area contributed by atoms with Gasteiger partial charge in [-0.1, -0.05) is 0 Å². The summed E-state index contributed by atoms with van der Waals surface area (Å²) in [5, 5.41) is 8.67. The average molecular weight is 214 g/mol. The number of carbonyl (C=O) groups excluding carboxylic acids is 2. The lowest BCUT2D eigenvalue weighted by Gasteiger charge is -2.23. The fourth-order valence-corrected chi connectivity index (χ4v) is 1.68. The van der Waals surface area contributed by atoms with Crippen LogP contribution in [0.25, 0.3) is 0 Å². The van der Waals surface area contributed by atoms with E-state index in [2.05, 4.69) is 0 Å². The van der Waals surface area contributed by atoms with Gasteiger partial charge in [-0.05, 0) is 19.8 Å². The molecule has 0 aromatic carbocycles. The van der Waals surface area contributed by atoms with Gasteiger partial charge in [-0.15, -0.1) is 0 Å². The molecule has 0 radical (unpaired) electrons. The number of nitrogens with zero attached hydrogens (tertiary/aromatic N) is 1. The van der Waals surface area contributed by atoms with Gasteiger partial charge >= 0.3 is 5.97 Å². The third kappa shape index (κ3) is 2.26. The van der Waals surface area contributed by atoms with E-state index in [0.717, 1.165) is 0 Å². The van der Waals surface area contributed by atoms with Crippen LogP contribution < -0.4 is 5.73 Å². The van der Waals surface area contributed by atoms with E-state index in [1.165, 1.54) is 11.8 Å².